The van der Waals surface area contributed by atoms with E-state index in [2.05, 4.69) is 170 Å². The van der Waals surface area contributed by atoms with E-state index in [0.717, 1.165) is 0 Å². The molecule has 0 spiro atoms. The van der Waals surface area contributed by atoms with Gasteiger partial charge < -0.3 is 24.8 Å². The van der Waals surface area contributed by atoms with Gasteiger partial charge in [0.25, 0.3) is 0 Å². The van der Waals surface area contributed by atoms with Gasteiger partial charge in [-0.3, -0.25) is 0 Å². The molecule has 5 aromatic rings. The second-order valence-corrected chi connectivity index (χ2v) is 29.0. The van der Waals surface area contributed by atoms with Crippen molar-refractivity contribution < 1.29 is 46.1 Å². The van der Waals surface area contributed by atoms with Gasteiger partial charge in [0.05, 0.1) is 0 Å². The third-order valence-corrected chi connectivity index (χ3v) is 16.4. The molecule has 9 rings (SSSR count). The Morgan fingerprint density at radius 3 is 1.44 bits per heavy atom. The van der Waals surface area contributed by atoms with Crippen molar-refractivity contribution in [3.63, 3.8) is 0 Å². The summed E-state index contributed by atoms with van der Waals surface area (Å²) in [7, 11) is -0.627. The van der Waals surface area contributed by atoms with E-state index in [4.69, 9.17) is 0 Å². The molecule has 0 saturated heterocycles. The number of allylic oxidation sites excluding steroid dienone is 10. The van der Waals surface area contributed by atoms with Crippen LogP contribution in [0.3, 0.4) is 0 Å². The summed E-state index contributed by atoms with van der Waals surface area (Å²) in [6, 6.07) is 37.0. The Labute approximate surface area is 294 Å². The first-order chi connectivity index (χ1) is 21.2. The van der Waals surface area contributed by atoms with E-state index >= 15 is 0 Å². The zero-order valence-electron chi connectivity index (χ0n) is 24.8. The van der Waals surface area contributed by atoms with E-state index in [0.29, 0.717) is 11.8 Å². The summed E-state index contributed by atoms with van der Waals surface area (Å²) in [6.07, 6.45) is 24.1. The normalized spacial score (nSPS) is 17.1. The number of hydrogen-bond acceptors (Lipinski definition) is 0. The predicted molar refractivity (Wildman–Crippen MR) is 181 cm³/mol. The van der Waals surface area contributed by atoms with Crippen LogP contribution in [0.1, 0.15) is 34.1 Å². The fraction of sp³-hybridized carbons (Fsp3) is 0.0732. The largest absolute Gasteiger partial charge is 1.00 e. The summed E-state index contributed by atoms with van der Waals surface area (Å²) < 4.78 is 1.64. The monoisotopic (exact) mass is 846 g/mol. The molecule has 2 unspecified atom stereocenters. The molecular weight excluding hydrogens is 814 g/mol. The molecule has 2 atom stereocenters. The number of rotatable bonds is 1. The van der Waals surface area contributed by atoms with Gasteiger partial charge >= 0.3 is 71.8 Å². The summed E-state index contributed by atoms with van der Waals surface area (Å²) >= 11 is 1.42. The average molecular weight is 845 g/mol. The molecule has 218 valence electrons. The molecule has 4 aliphatic carbocycles. The first-order valence-corrected chi connectivity index (χ1v) is 28.3. The van der Waals surface area contributed by atoms with Gasteiger partial charge in [0.2, 0.25) is 0 Å². The predicted octanol–water partition coefficient (Wildman–Crippen LogP) is 3.57. The molecule has 0 aromatic heterocycles. The Kier molecular flexibility index (Phi) is 11.2. The molecule has 0 aliphatic heterocycles. The fourth-order valence-corrected chi connectivity index (χ4v) is 10.8. The summed E-state index contributed by atoms with van der Waals surface area (Å²) in [5.41, 5.74) is 8.04. The Bertz CT molecular complexity index is 1940. The molecule has 0 N–H and O–H groups in total. The zero-order chi connectivity index (χ0) is 29.2. The SMILES string of the molecule is [C-]1=Cc2c(ccc3ccccc23)C2C=CC=C12.[C-]1=Cc2c(ccc3ccccc23)C2C=CC=C12.[CH3][Ge](=[Hf+2])[c]1ccccc1.[Cl-].[Cl-]. The summed E-state index contributed by atoms with van der Waals surface area (Å²) in [5.74, 6) is 3.26. The Morgan fingerprint density at radius 2 is 1.00 bits per heavy atom. The Morgan fingerprint density at radius 1 is 0.556 bits per heavy atom. The van der Waals surface area contributed by atoms with Crippen molar-refractivity contribution in [2.45, 2.75) is 17.6 Å². The van der Waals surface area contributed by atoms with Gasteiger partial charge in [-0.05, 0) is 22.6 Å². The van der Waals surface area contributed by atoms with Crippen molar-refractivity contribution in [3.05, 3.63) is 185 Å². The Balaban J connectivity index is 0.000000137. The molecule has 0 amide bonds. The minimum atomic E-state index is -0.627. The fourth-order valence-electron chi connectivity index (χ4n) is 6.26. The van der Waals surface area contributed by atoms with Crippen LogP contribution in [0.4, 0.5) is 0 Å². The number of halogens is 2. The van der Waals surface area contributed by atoms with Gasteiger partial charge in [-0.25, -0.2) is 0 Å². The zero-order valence-corrected chi connectivity index (χ0v) is 32.0. The van der Waals surface area contributed by atoms with E-state index in [1.165, 1.54) is 76.2 Å². The molecular formula is C41H30Cl2GeHf-2. The number of benzene rings is 5. The van der Waals surface area contributed by atoms with Crippen molar-refractivity contribution in [1.29, 1.82) is 0 Å². The average Bonchev–Trinajstić information content (AvgIpc) is 3.76. The number of hydrogen-bond donors (Lipinski definition) is 0. The third-order valence-electron chi connectivity index (χ3n) is 8.48. The van der Waals surface area contributed by atoms with E-state index in [-0.39, 0.29) is 24.8 Å². The molecule has 0 heterocycles. The first-order valence-electron chi connectivity index (χ1n) is 14.8. The topological polar surface area (TPSA) is 0 Å². The van der Waals surface area contributed by atoms with Gasteiger partial charge in [0, 0.05) is 0 Å². The molecule has 4 heteroatoms. The van der Waals surface area contributed by atoms with Crippen molar-refractivity contribution in [2.24, 2.45) is 0 Å². The van der Waals surface area contributed by atoms with Gasteiger partial charge in [-0.1, -0.05) is 107 Å². The smallest absolute Gasteiger partial charge is 1.00 e. The van der Waals surface area contributed by atoms with Crippen molar-refractivity contribution in [1.82, 2.24) is 0 Å². The van der Waals surface area contributed by atoms with Crippen molar-refractivity contribution >= 4 is 48.1 Å². The van der Waals surface area contributed by atoms with E-state index in [1.807, 2.05) is 0 Å². The molecule has 0 bridgehead atoms. The van der Waals surface area contributed by atoms with Crippen LogP contribution in [0.25, 0.3) is 33.7 Å². The maximum Gasteiger partial charge on any atom is -1.00 e. The molecule has 0 saturated carbocycles. The quantitative estimate of drug-likeness (QED) is 0.179. The molecule has 45 heavy (non-hydrogen) atoms. The maximum absolute atomic E-state index is 3.40. The van der Waals surface area contributed by atoms with Gasteiger partial charge in [0.1, 0.15) is 0 Å². The second kappa shape index (κ2) is 15.1. The van der Waals surface area contributed by atoms with Crippen molar-refractivity contribution in [2.75, 3.05) is 0 Å². The van der Waals surface area contributed by atoms with E-state index in [9.17, 15) is 0 Å². The molecule has 5 aromatic carbocycles. The summed E-state index contributed by atoms with van der Waals surface area (Å²) in [6.45, 7) is 0. The van der Waals surface area contributed by atoms with Crippen LogP contribution < -0.4 is 29.2 Å². The van der Waals surface area contributed by atoms with Crippen LogP contribution in [0, 0.1) is 12.2 Å². The van der Waals surface area contributed by atoms with Gasteiger partial charge in [-0.15, -0.1) is 23.3 Å². The van der Waals surface area contributed by atoms with Crippen LogP contribution in [-0.2, 0) is 21.3 Å². The van der Waals surface area contributed by atoms with E-state index < -0.39 is 10.1 Å². The molecule has 0 nitrogen and oxygen atoms in total. The minimum Gasteiger partial charge on any atom is -1.00 e. The standard InChI is InChI=1S/2C17H11.C7H8Ge.2ClH.Hf/c2*1-2-6-14-12(4-1)8-10-17-15-7-3-5-13(15)9-11-16(14)17;1-8-7-5-3-2-4-6-7;;;/h2*1-8,10-11,15H;2-6H,1H3;2*1H;/q2*-1;;;;+2/p-2. The second-order valence-electron chi connectivity index (χ2n) is 11.1. The van der Waals surface area contributed by atoms with Crippen LogP contribution >= 0.6 is 0 Å². The summed E-state index contributed by atoms with van der Waals surface area (Å²) in [5, 5.41) is 5.27. The van der Waals surface area contributed by atoms with Gasteiger partial charge in [0.15, 0.2) is 0 Å². The Hall–Kier alpha value is -2.95. The van der Waals surface area contributed by atoms with Crippen LogP contribution in [0.2, 0.25) is 5.76 Å². The van der Waals surface area contributed by atoms with E-state index in [1.54, 1.807) is 4.40 Å². The molecule has 0 radical (unpaired) electrons. The minimum absolute atomic E-state index is 0. The van der Waals surface area contributed by atoms with Crippen LogP contribution in [-0.4, -0.2) is 10.1 Å². The van der Waals surface area contributed by atoms with Crippen LogP contribution in [0.15, 0.2) is 151 Å². The summed E-state index contributed by atoms with van der Waals surface area (Å²) in [4.78, 5) is 0. The third kappa shape index (κ3) is 6.93. The van der Waals surface area contributed by atoms with Crippen LogP contribution in [0.5, 0.6) is 0 Å². The molecule has 0 fully saturated rings. The molecule has 4 aliphatic rings. The maximum atomic E-state index is 3.40. The van der Waals surface area contributed by atoms with Crippen molar-refractivity contribution in [3.8, 4) is 0 Å². The number of fused-ring (bicyclic) bond motifs is 10. The van der Waals surface area contributed by atoms with Gasteiger partial charge in [-0.2, -0.15) is 47.6 Å². The first kappa shape index (κ1) is 33.4.